The van der Waals surface area contributed by atoms with Gasteiger partial charge in [-0.25, -0.2) is 0 Å². The van der Waals surface area contributed by atoms with Crippen LogP contribution in [0, 0.1) is 6.92 Å². The molecule has 0 saturated heterocycles. The molecule has 1 aliphatic heterocycles. The molecule has 2 aromatic carbocycles. The molecule has 2 atom stereocenters. The van der Waals surface area contributed by atoms with E-state index in [4.69, 9.17) is 4.74 Å². The first-order chi connectivity index (χ1) is 9.69. The average molecular weight is 286 g/mol. The Morgan fingerprint density at radius 3 is 2.80 bits per heavy atom. The van der Waals surface area contributed by atoms with Crippen molar-refractivity contribution in [1.29, 1.82) is 0 Å². The molecule has 1 heterocycles. The maximum Gasteiger partial charge on any atom is 0.124 e. The van der Waals surface area contributed by atoms with Crippen LogP contribution in [0.5, 0.6) is 5.75 Å². The third-order valence-electron chi connectivity index (χ3n) is 3.73. The number of hydrogen-bond donors (Lipinski definition) is 1. The summed E-state index contributed by atoms with van der Waals surface area (Å²) >= 11 is 1.76. The van der Waals surface area contributed by atoms with E-state index in [0.717, 1.165) is 23.3 Å². The average Bonchev–Trinajstić information content (AvgIpc) is 2.90. The van der Waals surface area contributed by atoms with E-state index in [1.54, 1.807) is 18.9 Å². The van der Waals surface area contributed by atoms with Crippen molar-refractivity contribution in [2.45, 2.75) is 29.6 Å². The molecule has 0 radical (unpaired) electrons. The maximum atomic E-state index is 10.7. The van der Waals surface area contributed by atoms with Crippen LogP contribution in [0.15, 0.2) is 47.4 Å². The number of rotatable bonds is 3. The lowest BCUT2D eigenvalue weighted by Gasteiger charge is -2.20. The van der Waals surface area contributed by atoms with Crippen LogP contribution in [-0.4, -0.2) is 17.5 Å². The number of aliphatic hydroxyl groups is 1. The molecule has 3 heteroatoms. The maximum absolute atomic E-state index is 10.7. The van der Waals surface area contributed by atoms with Crippen molar-refractivity contribution in [3.63, 3.8) is 0 Å². The monoisotopic (exact) mass is 286 g/mol. The van der Waals surface area contributed by atoms with E-state index in [0.29, 0.717) is 0 Å². The summed E-state index contributed by atoms with van der Waals surface area (Å²) in [5.41, 5.74) is 3.35. The van der Waals surface area contributed by atoms with Gasteiger partial charge < -0.3 is 9.84 Å². The molecule has 0 saturated carbocycles. The van der Waals surface area contributed by atoms with Crippen LogP contribution >= 0.6 is 11.8 Å². The first-order valence-corrected chi connectivity index (χ1v) is 7.64. The minimum absolute atomic E-state index is 0.156. The second-order valence-electron chi connectivity index (χ2n) is 5.16. The van der Waals surface area contributed by atoms with Gasteiger partial charge in [-0.15, -0.1) is 11.8 Å². The number of fused-ring (bicyclic) bond motifs is 1. The van der Waals surface area contributed by atoms with Gasteiger partial charge in [0.15, 0.2) is 0 Å². The molecule has 2 unspecified atom stereocenters. The SMILES string of the molecule is COc1ccc(C)cc1C(O)C1Cc2ccccc2S1. The van der Waals surface area contributed by atoms with E-state index in [-0.39, 0.29) is 5.25 Å². The summed E-state index contributed by atoms with van der Waals surface area (Å²) in [5, 5.41) is 10.9. The van der Waals surface area contributed by atoms with E-state index >= 15 is 0 Å². The first-order valence-electron chi connectivity index (χ1n) is 6.76. The molecule has 20 heavy (non-hydrogen) atoms. The highest BCUT2D eigenvalue weighted by Crippen LogP contribution is 2.44. The zero-order valence-corrected chi connectivity index (χ0v) is 12.5. The number of methoxy groups -OCH3 is 1. The highest BCUT2D eigenvalue weighted by atomic mass is 32.2. The molecule has 3 rings (SSSR count). The summed E-state index contributed by atoms with van der Waals surface area (Å²) in [5.74, 6) is 0.764. The smallest absolute Gasteiger partial charge is 0.124 e. The third kappa shape index (κ3) is 2.43. The lowest BCUT2D eigenvalue weighted by molar-refractivity contribution is 0.171. The van der Waals surface area contributed by atoms with E-state index in [9.17, 15) is 5.11 Å². The van der Waals surface area contributed by atoms with Gasteiger partial charge in [-0.2, -0.15) is 0 Å². The summed E-state index contributed by atoms with van der Waals surface area (Å²) in [6.07, 6.45) is 0.390. The van der Waals surface area contributed by atoms with Crippen LogP contribution in [0.1, 0.15) is 22.8 Å². The molecule has 1 aliphatic rings. The van der Waals surface area contributed by atoms with Gasteiger partial charge in [-0.3, -0.25) is 0 Å². The second kappa shape index (κ2) is 5.51. The van der Waals surface area contributed by atoms with Crippen LogP contribution in [0.4, 0.5) is 0 Å². The van der Waals surface area contributed by atoms with Crippen molar-refractivity contribution in [1.82, 2.24) is 0 Å². The molecular formula is C17H18O2S. The largest absolute Gasteiger partial charge is 0.496 e. The molecule has 0 amide bonds. The van der Waals surface area contributed by atoms with Gasteiger partial charge in [0.05, 0.1) is 13.2 Å². The van der Waals surface area contributed by atoms with Crippen molar-refractivity contribution in [3.8, 4) is 5.75 Å². The molecular weight excluding hydrogens is 268 g/mol. The van der Waals surface area contributed by atoms with Crippen molar-refractivity contribution >= 4 is 11.8 Å². The Labute approximate surface area is 123 Å². The zero-order valence-electron chi connectivity index (χ0n) is 11.7. The van der Waals surface area contributed by atoms with Crippen LogP contribution in [0.25, 0.3) is 0 Å². The molecule has 0 aliphatic carbocycles. The highest BCUT2D eigenvalue weighted by Gasteiger charge is 2.30. The normalized spacial score (nSPS) is 18.6. The number of hydrogen-bond acceptors (Lipinski definition) is 3. The van der Waals surface area contributed by atoms with Gasteiger partial charge in [0, 0.05) is 15.7 Å². The van der Waals surface area contributed by atoms with Crippen molar-refractivity contribution in [2.75, 3.05) is 7.11 Å². The molecule has 1 N–H and O–H groups in total. The van der Waals surface area contributed by atoms with Crippen LogP contribution < -0.4 is 4.74 Å². The predicted molar refractivity (Wildman–Crippen MR) is 82.5 cm³/mol. The summed E-state index contributed by atoms with van der Waals surface area (Å²) in [7, 11) is 1.65. The molecule has 0 bridgehead atoms. The molecule has 0 aromatic heterocycles. The zero-order chi connectivity index (χ0) is 14.1. The van der Waals surface area contributed by atoms with E-state index in [2.05, 4.69) is 18.2 Å². The van der Waals surface area contributed by atoms with Gasteiger partial charge in [-0.1, -0.05) is 29.8 Å². The standard InChI is InChI=1S/C17H18O2S/c1-11-7-8-14(19-2)13(9-11)17(18)16-10-12-5-3-4-6-15(12)20-16/h3-9,16-18H,10H2,1-2H3. The Hall–Kier alpha value is -1.45. The molecule has 2 aromatic rings. The highest BCUT2D eigenvalue weighted by molar-refractivity contribution is 8.00. The fourth-order valence-corrected chi connectivity index (χ4v) is 3.99. The van der Waals surface area contributed by atoms with Gasteiger partial charge in [-0.05, 0) is 37.1 Å². The van der Waals surface area contributed by atoms with Crippen LogP contribution in [0.2, 0.25) is 0 Å². The fraction of sp³-hybridized carbons (Fsp3) is 0.294. The van der Waals surface area contributed by atoms with Crippen molar-refractivity contribution in [2.24, 2.45) is 0 Å². The Balaban J connectivity index is 1.88. The topological polar surface area (TPSA) is 29.5 Å². The van der Waals surface area contributed by atoms with Gasteiger partial charge in [0.25, 0.3) is 0 Å². The van der Waals surface area contributed by atoms with Gasteiger partial charge in [0.1, 0.15) is 5.75 Å². The van der Waals surface area contributed by atoms with Crippen molar-refractivity contribution < 1.29 is 9.84 Å². The summed E-state index contributed by atoms with van der Waals surface area (Å²) in [6.45, 7) is 2.03. The molecule has 104 valence electrons. The summed E-state index contributed by atoms with van der Waals surface area (Å²) < 4.78 is 5.39. The Kier molecular flexibility index (Phi) is 3.72. The summed E-state index contributed by atoms with van der Waals surface area (Å²) in [4.78, 5) is 1.28. The molecule has 2 nitrogen and oxygen atoms in total. The van der Waals surface area contributed by atoms with E-state index < -0.39 is 6.10 Å². The minimum Gasteiger partial charge on any atom is -0.496 e. The van der Waals surface area contributed by atoms with Gasteiger partial charge in [0.2, 0.25) is 0 Å². The van der Waals surface area contributed by atoms with E-state index in [1.165, 1.54) is 10.5 Å². The Bertz CT molecular complexity index is 599. The molecule has 0 spiro atoms. The lowest BCUT2D eigenvalue weighted by atomic mass is 9.99. The minimum atomic E-state index is -0.512. The Morgan fingerprint density at radius 1 is 1.25 bits per heavy atom. The number of aryl methyl sites for hydroxylation is 1. The molecule has 0 fully saturated rings. The number of benzene rings is 2. The van der Waals surface area contributed by atoms with Crippen molar-refractivity contribution in [3.05, 3.63) is 59.2 Å². The van der Waals surface area contributed by atoms with Crippen LogP contribution in [0.3, 0.4) is 0 Å². The fourth-order valence-electron chi connectivity index (χ4n) is 2.67. The third-order valence-corrected chi connectivity index (χ3v) is 5.11. The quantitative estimate of drug-likeness (QED) is 0.931. The van der Waals surface area contributed by atoms with E-state index in [1.807, 2.05) is 31.2 Å². The number of aliphatic hydroxyl groups excluding tert-OH is 1. The van der Waals surface area contributed by atoms with Crippen LogP contribution in [-0.2, 0) is 6.42 Å². The number of thioether (sulfide) groups is 1. The predicted octanol–water partition coefficient (Wildman–Crippen LogP) is 3.75. The second-order valence-corrected chi connectivity index (χ2v) is 6.44. The lowest BCUT2D eigenvalue weighted by Crippen LogP contribution is -2.15. The Morgan fingerprint density at radius 2 is 2.05 bits per heavy atom. The first kappa shape index (κ1) is 13.5. The summed E-state index contributed by atoms with van der Waals surface area (Å²) in [6, 6.07) is 14.3. The van der Waals surface area contributed by atoms with Gasteiger partial charge >= 0.3 is 0 Å². The number of ether oxygens (including phenoxy) is 1.